The minimum atomic E-state index is -3.77. The third-order valence-corrected chi connectivity index (χ3v) is 7.81. The van der Waals surface area contributed by atoms with Crippen molar-refractivity contribution >= 4 is 54.8 Å². The van der Waals surface area contributed by atoms with Crippen molar-refractivity contribution in [2.45, 2.75) is 11.4 Å². The minimum Gasteiger partial charge on any atom is -0.491 e. The highest BCUT2D eigenvalue weighted by molar-refractivity contribution is 7.89. The van der Waals surface area contributed by atoms with Crippen LogP contribution in [-0.4, -0.2) is 26.1 Å². The smallest absolute Gasteiger partial charge is 0.308 e. The van der Waals surface area contributed by atoms with E-state index in [2.05, 4.69) is 4.72 Å². The van der Waals surface area contributed by atoms with Crippen molar-refractivity contribution in [1.29, 1.82) is 0 Å². The molecular formula is C22H18Cl2N2O4S2. The zero-order chi connectivity index (χ0) is 22.7. The topological polar surface area (TPSA) is 77.4 Å². The first-order chi connectivity index (χ1) is 15.3. The Kier molecular flexibility index (Phi) is 6.88. The van der Waals surface area contributed by atoms with Gasteiger partial charge in [-0.3, -0.25) is 9.36 Å². The van der Waals surface area contributed by atoms with Gasteiger partial charge in [0.05, 0.1) is 26.7 Å². The lowest BCUT2D eigenvalue weighted by Crippen LogP contribution is -2.28. The summed E-state index contributed by atoms with van der Waals surface area (Å²) in [5, 5.41) is 1.03. The molecule has 0 radical (unpaired) electrons. The minimum absolute atomic E-state index is 0.0648. The SMILES string of the molecule is O=c1sc2cc(S(=O)(=O)NCCOc3ccccc3Cl)ccc2n1Cc1ccccc1Cl. The maximum atomic E-state index is 12.7. The molecule has 166 valence electrons. The predicted octanol–water partition coefficient (Wildman–Crippen LogP) is 4.78. The summed E-state index contributed by atoms with van der Waals surface area (Å²) in [4.78, 5) is 12.4. The fourth-order valence-electron chi connectivity index (χ4n) is 3.14. The summed E-state index contributed by atoms with van der Waals surface area (Å²) >= 11 is 13.2. The van der Waals surface area contributed by atoms with E-state index in [-0.39, 0.29) is 22.9 Å². The molecule has 0 atom stereocenters. The van der Waals surface area contributed by atoms with Crippen LogP contribution in [0.3, 0.4) is 0 Å². The summed E-state index contributed by atoms with van der Waals surface area (Å²) in [7, 11) is -3.77. The van der Waals surface area contributed by atoms with Crippen LogP contribution in [0, 0.1) is 0 Å². The average molecular weight is 509 g/mol. The summed E-state index contributed by atoms with van der Waals surface area (Å²) in [5.74, 6) is 0.486. The first-order valence-electron chi connectivity index (χ1n) is 9.59. The molecule has 4 rings (SSSR count). The Hall–Kier alpha value is -2.36. The quantitative estimate of drug-likeness (QED) is 0.347. The van der Waals surface area contributed by atoms with Gasteiger partial charge in [-0.05, 0) is 42.0 Å². The summed E-state index contributed by atoms with van der Waals surface area (Å²) in [6, 6.07) is 18.9. The molecule has 4 aromatic rings. The van der Waals surface area contributed by atoms with E-state index in [4.69, 9.17) is 27.9 Å². The molecule has 32 heavy (non-hydrogen) atoms. The first kappa shape index (κ1) is 22.8. The van der Waals surface area contributed by atoms with Crippen LogP contribution in [-0.2, 0) is 16.6 Å². The summed E-state index contributed by atoms with van der Waals surface area (Å²) < 4.78 is 35.6. The van der Waals surface area contributed by atoms with Gasteiger partial charge in [-0.15, -0.1) is 0 Å². The number of aromatic nitrogens is 1. The van der Waals surface area contributed by atoms with Gasteiger partial charge >= 0.3 is 4.87 Å². The second-order valence-corrected chi connectivity index (χ2v) is 10.4. The van der Waals surface area contributed by atoms with Crippen molar-refractivity contribution in [3.05, 3.63) is 92.0 Å². The van der Waals surface area contributed by atoms with E-state index in [0.717, 1.165) is 16.9 Å². The van der Waals surface area contributed by atoms with Crippen LogP contribution in [0.1, 0.15) is 5.56 Å². The number of ether oxygens (including phenoxy) is 1. The first-order valence-corrected chi connectivity index (χ1v) is 12.6. The Balaban J connectivity index is 1.49. The van der Waals surface area contributed by atoms with Gasteiger partial charge in [0.15, 0.2) is 0 Å². The van der Waals surface area contributed by atoms with Crippen LogP contribution in [0.25, 0.3) is 10.2 Å². The Labute approximate surface area is 199 Å². The van der Waals surface area contributed by atoms with E-state index in [1.54, 1.807) is 41.0 Å². The van der Waals surface area contributed by atoms with E-state index >= 15 is 0 Å². The molecule has 0 saturated heterocycles. The molecule has 1 aromatic heterocycles. The van der Waals surface area contributed by atoms with Crippen molar-refractivity contribution in [3.8, 4) is 5.75 Å². The van der Waals surface area contributed by atoms with Crippen LogP contribution < -0.4 is 14.3 Å². The zero-order valence-corrected chi connectivity index (χ0v) is 19.8. The van der Waals surface area contributed by atoms with Gasteiger partial charge < -0.3 is 4.74 Å². The van der Waals surface area contributed by atoms with Gasteiger partial charge in [-0.25, -0.2) is 13.1 Å². The number of rotatable bonds is 8. The lowest BCUT2D eigenvalue weighted by Gasteiger charge is -2.10. The van der Waals surface area contributed by atoms with Gasteiger partial charge in [0.25, 0.3) is 0 Å². The lowest BCUT2D eigenvalue weighted by molar-refractivity contribution is 0.323. The van der Waals surface area contributed by atoms with Gasteiger partial charge in [-0.2, -0.15) is 0 Å². The monoisotopic (exact) mass is 508 g/mol. The third-order valence-electron chi connectivity index (χ3n) is 4.72. The second kappa shape index (κ2) is 9.64. The second-order valence-electron chi connectivity index (χ2n) is 6.85. The molecular weight excluding hydrogens is 491 g/mol. The molecule has 0 aliphatic heterocycles. The summed E-state index contributed by atoms with van der Waals surface area (Å²) in [5.41, 5.74) is 1.47. The number of halogens is 2. The van der Waals surface area contributed by atoms with Crippen LogP contribution in [0.4, 0.5) is 0 Å². The molecule has 0 bridgehead atoms. The van der Waals surface area contributed by atoms with Crippen molar-refractivity contribution in [1.82, 2.24) is 9.29 Å². The maximum absolute atomic E-state index is 12.7. The highest BCUT2D eigenvalue weighted by Gasteiger charge is 2.17. The van der Waals surface area contributed by atoms with E-state index in [1.165, 1.54) is 12.1 Å². The normalized spacial score (nSPS) is 11.7. The molecule has 0 aliphatic rings. The summed E-state index contributed by atoms with van der Waals surface area (Å²) in [6.07, 6.45) is 0. The van der Waals surface area contributed by atoms with E-state index in [0.29, 0.717) is 32.6 Å². The molecule has 6 nitrogen and oxygen atoms in total. The zero-order valence-electron chi connectivity index (χ0n) is 16.6. The number of hydrogen-bond donors (Lipinski definition) is 1. The molecule has 0 saturated carbocycles. The molecule has 0 fully saturated rings. The van der Waals surface area contributed by atoms with Gasteiger partial charge in [0, 0.05) is 11.6 Å². The molecule has 3 aromatic carbocycles. The molecule has 0 amide bonds. The largest absolute Gasteiger partial charge is 0.491 e. The molecule has 0 aliphatic carbocycles. The van der Waals surface area contributed by atoms with Gasteiger partial charge in [0.1, 0.15) is 12.4 Å². The van der Waals surface area contributed by atoms with Crippen molar-refractivity contribution < 1.29 is 13.2 Å². The van der Waals surface area contributed by atoms with Crippen LogP contribution in [0.2, 0.25) is 10.0 Å². The number of para-hydroxylation sites is 1. The number of nitrogens with one attached hydrogen (secondary N) is 1. The fraction of sp³-hybridized carbons (Fsp3) is 0.136. The van der Waals surface area contributed by atoms with Crippen LogP contribution in [0.15, 0.2) is 76.4 Å². The van der Waals surface area contributed by atoms with Crippen molar-refractivity contribution in [2.24, 2.45) is 0 Å². The Morgan fingerprint density at radius 3 is 2.44 bits per heavy atom. The van der Waals surface area contributed by atoms with E-state index in [1.807, 2.05) is 18.2 Å². The predicted molar refractivity (Wildman–Crippen MR) is 129 cm³/mol. The molecule has 0 spiro atoms. The number of sulfonamides is 1. The molecule has 0 unspecified atom stereocenters. The number of nitrogens with zero attached hydrogens (tertiary/aromatic N) is 1. The third kappa shape index (κ3) is 5.00. The highest BCUT2D eigenvalue weighted by atomic mass is 35.5. The average Bonchev–Trinajstić information content (AvgIpc) is 3.08. The van der Waals surface area contributed by atoms with E-state index < -0.39 is 10.0 Å². The molecule has 1 heterocycles. The van der Waals surface area contributed by atoms with E-state index in [9.17, 15) is 13.2 Å². The number of benzene rings is 3. The van der Waals surface area contributed by atoms with Crippen molar-refractivity contribution in [2.75, 3.05) is 13.2 Å². The summed E-state index contributed by atoms with van der Waals surface area (Å²) in [6.45, 7) is 0.490. The highest BCUT2D eigenvalue weighted by Crippen LogP contribution is 2.25. The number of fused-ring (bicyclic) bond motifs is 1. The standard InChI is InChI=1S/C22H18Cl2N2O4S2/c23-17-6-2-1-5-15(17)14-26-19-10-9-16(13-21(19)31-22(26)27)32(28,29)25-11-12-30-20-8-4-3-7-18(20)24/h1-10,13,25H,11-12,14H2. The van der Waals surface area contributed by atoms with Gasteiger partial charge in [0.2, 0.25) is 10.0 Å². The van der Waals surface area contributed by atoms with Crippen molar-refractivity contribution in [3.63, 3.8) is 0 Å². The Morgan fingerprint density at radius 1 is 0.969 bits per heavy atom. The van der Waals surface area contributed by atoms with Gasteiger partial charge in [-0.1, -0.05) is 64.9 Å². The van der Waals surface area contributed by atoms with Crippen LogP contribution in [0.5, 0.6) is 5.75 Å². The fourth-order valence-corrected chi connectivity index (χ4v) is 5.57. The maximum Gasteiger partial charge on any atom is 0.308 e. The molecule has 1 N–H and O–H groups in total. The Bertz CT molecular complexity index is 1430. The van der Waals surface area contributed by atoms with Crippen LogP contribution >= 0.6 is 34.5 Å². The number of hydrogen-bond acceptors (Lipinski definition) is 5. The number of thiazole rings is 1. The Morgan fingerprint density at radius 2 is 1.69 bits per heavy atom. The lowest BCUT2D eigenvalue weighted by atomic mass is 10.2. The molecule has 10 heteroatoms.